The summed E-state index contributed by atoms with van der Waals surface area (Å²) in [4.78, 5) is 0. The minimum Gasteiger partial charge on any atom is -0.508 e. The Morgan fingerprint density at radius 2 is 1.87 bits per heavy atom. The number of aromatic hydroxyl groups is 1. The van der Waals surface area contributed by atoms with Crippen LogP contribution in [0.5, 0.6) is 5.75 Å². The quantitative estimate of drug-likeness (QED) is 0.823. The zero-order chi connectivity index (χ0) is 11.2. The van der Waals surface area contributed by atoms with Gasteiger partial charge in [-0.2, -0.15) is 13.2 Å². The van der Waals surface area contributed by atoms with Gasteiger partial charge in [-0.1, -0.05) is 15.9 Å². The molecule has 0 unspecified atom stereocenters. The summed E-state index contributed by atoms with van der Waals surface area (Å²) >= 11 is 2.81. The van der Waals surface area contributed by atoms with Crippen LogP contribution in [0.25, 0.3) is 0 Å². The normalized spacial score (nSPS) is 16.8. The first-order valence-electron chi connectivity index (χ1n) is 4.49. The highest BCUT2D eigenvalue weighted by Gasteiger charge is 2.36. The number of hydrogen-bond acceptors (Lipinski definition) is 1. The highest BCUT2D eigenvalue weighted by atomic mass is 79.9. The number of phenolic OH excluding ortho intramolecular Hbond substituents is 1. The van der Waals surface area contributed by atoms with Gasteiger partial charge in [0.1, 0.15) is 5.75 Å². The van der Waals surface area contributed by atoms with E-state index < -0.39 is 11.7 Å². The van der Waals surface area contributed by atoms with Gasteiger partial charge in [-0.3, -0.25) is 0 Å². The highest BCUT2D eigenvalue weighted by molar-refractivity contribution is 9.10. The van der Waals surface area contributed by atoms with E-state index in [1.165, 1.54) is 0 Å². The Kier molecular flexibility index (Phi) is 2.45. The van der Waals surface area contributed by atoms with E-state index >= 15 is 0 Å². The summed E-state index contributed by atoms with van der Waals surface area (Å²) in [6, 6.07) is 2.16. The molecule has 1 fully saturated rings. The molecule has 1 aliphatic carbocycles. The first-order chi connectivity index (χ1) is 6.89. The number of hydrogen-bond donors (Lipinski definition) is 1. The first kappa shape index (κ1) is 10.8. The number of benzene rings is 1. The van der Waals surface area contributed by atoms with Crippen LogP contribution >= 0.6 is 15.9 Å². The molecule has 0 amide bonds. The maximum atomic E-state index is 12.5. The van der Waals surface area contributed by atoms with E-state index in [1.807, 2.05) is 0 Å². The first-order valence-corrected chi connectivity index (χ1v) is 5.28. The summed E-state index contributed by atoms with van der Waals surface area (Å²) in [5.41, 5.74) is -0.312. The molecule has 2 rings (SSSR count). The second kappa shape index (κ2) is 3.40. The average Bonchev–Trinajstić information content (AvgIpc) is 2.84. The molecule has 0 saturated heterocycles. The van der Waals surface area contributed by atoms with Crippen LogP contribution in [0, 0.1) is 0 Å². The summed E-state index contributed by atoms with van der Waals surface area (Å²) in [6.45, 7) is 0. The smallest absolute Gasteiger partial charge is 0.417 e. The standard InChI is InChI=1S/C10H8BrF3O/c11-8-4-9(15)6(5-1-2-5)3-7(8)10(12,13)14/h3-5,15H,1-2H2. The van der Waals surface area contributed by atoms with Crippen molar-refractivity contribution < 1.29 is 18.3 Å². The maximum Gasteiger partial charge on any atom is 0.417 e. The summed E-state index contributed by atoms with van der Waals surface area (Å²) in [7, 11) is 0. The minimum atomic E-state index is -4.38. The Morgan fingerprint density at radius 1 is 1.27 bits per heavy atom. The Hall–Kier alpha value is -0.710. The molecule has 1 aromatic carbocycles. The predicted molar refractivity (Wildman–Crippen MR) is 52.8 cm³/mol. The molecule has 1 aliphatic rings. The van der Waals surface area contributed by atoms with Gasteiger partial charge in [0.05, 0.1) is 5.56 Å². The van der Waals surface area contributed by atoms with E-state index in [-0.39, 0.29) is 16.1 Å². The Labute approximate surface area is 93.0 Å². The van der Waals surface area contributed by atoms with Gasteiger partial charge in [-0.05, 0) is 36.5 Å². The second-order valence-electron chi connectivity index (χ2n) is 3.66. The van der Waals surface area contributed by atoms with Crippen molar-refractivity contribution in [2.45, 2.75) is 24.9 Å². The van der Waals surface area contributed by atoms with Crippen molar-refractivity contribution in [1.82, 2.24) is 0 Å². The molecule has 0 spiro atoms. The van der Waals surface area contributed by atoms with Crippen LogP contribution < -0.4 is 0 Å². The lowest BCUT2D eigenvalue weighted by Crippen LogP contribution is -2.06. The van der Waals surface area contributed by atoms with Crippen LogP contribution in [-0.2, 0) is 6.18 Å². The van der Waals surface area contributed by atoms with Crippen molar-refractivity contribution >= 4 is 15.9 Å². The van der Waals surface area contributed by atoms with Crippen LogP contribution in [0.4, 0.5) is 13.2 Å². The van der Waals surface area contributed by atoms with E-state index in [4.69, 9.17) is 0 Å². The fraction of sp³-hybridized carbons (Fsp3) is 0.400. The third-order valence-electron chi connectivity index (χ3n) is 2.44. The number of phenols is 1. The fourth-order valence-electron chi connectivity index (χ4n) is 1.52. The minimum absolute atomic E-state index is 0.0580. The zero-order valence-corrected chi connectivity index (χ0v) is 9.19. The molecule has 5 heteroatoms. The van der Waals surface area contributed by atoms with E-state index in [0.717, 1.165) is 25.0 Å². The Balaban J connectivity index is 2.51. The molecule has 0 atom stereocenters. The summed E-state index contributed by atoms with van der Waals surface area (Å²) < 4.78 is 37.5. The molecule has 1 N–H and O–H groups in total. The van der Waals surface area contributed by atoms with Crippen LogP contribution in [0.1, 0.15) is 29.9 Å². The lowest BCUT2D eigenvalue weighted by molar-refractivity contribution is -0.138. The molecule has 82 valence electrons. The van der Waals surface area contributed by atoms with E-state index in [1.54, 1.807) is 0 Å². The number of alkyl halides is 3. The molecule has 0 radical (unpaired) electrons. The molecule has 0 aromatic heterocycles. The molecule has 1 nitrogen and oxygen atoms in total. The monoisotopic (exact) mass is 280 g/mol. The van der Waals surface area contributed by atoms with Crippen molar-refractivity contribution in [3.63, 3.8) is 0 Å². The van der Waals surface area contributed by atoms with Gasteiger partial charge in [-0.25, -0.2) is 0 Å². The van der Waals surface area contributed by atoms with Crippen molar-refractivity contribution in [3.8, 4) is 5.75 Å². The molecule has 0 heterocycles. The molecule has 1 saturated carbocycles. The van der Waals surface area contributed by atoms with Crippen LogP contribution in [0.3, 0.4) is 0 Å². The molecule has 0 bridgehead atoms. The number of halogens is 4. The van der Waals surface area contributed by atoms with E-state index in [0.29, 0.717) is 5.56 Å². The number of rotatable bonds is 1. The van der Waals surface area contributed by atoms with Crippen LogP contribution in [-0.4, -0.2) is 5.11 Å². The SMILES string of the molecule is Oc1cc(Br)c(C(F)(F)F)cc1C1CC1. The predicted octanol–water partition coefficient (Wildman–Crippen LogP) is 4.05. The topological polar surface area (TPSA) is 20.2 Å². The van der Waals surface area contributed by atoms with Crippen LogP contribution in [0.15, 0.2) is 16.6 Å². The van der Waals surface area contributed by atoms with Crippen molar-refractivity contribution in [3.05, 3.63) is 27.7 Å². The Bertz CT molecular complexity index is 396. The molecule has 1 aromatic rings. The van der Waals surface area contributed by atoms with Crippen molar-refractivity contribution in [2.75, 3.05) is 0 Å². The summed E-state index contributed by atoms with van der Waals surface area (Å²) in [5.74, 6) is 0.0385. The van der Waals surface area contributed by atoms with Gasteiger partial charge < -0.3 is 5.11 Å². The maximum absolute atomic E-state index is 12.5. The fourth-order valence-corrected chi connectivity index (χ4v) is 2.07. The second-order valence-corrected chi connectivity index (χ2v) is 4.52. The lowest BCUT2D eigenvalue weighted by atomic mass is 10.1. The van der Waals surface area contributed by atoms with Gasteiger partial charge in [0.15, 0.2) is 0 Å². The molecule has 15 heavy (non-hydrogen) atoms. The van der Waals surface area contributed by atoms with Gasteiger partial charge in [0.25, 0.3) is 0 Å². The van der Waals surface area contributed by atoms with E-state index in [9.17, 15) is 18.3 Å². The molecule has 0 aliphatic heterocycles. The van der Waals surface area contributed by atoms with Gasteiger partial charge >= 0.3 is 6.18 Å². The molecular formula is C10H8BrF3O. The Morgan fingerprint density at radius 3 is 2.33 bits per heavy atom. The van der Waals surface area contributed by atoms with Crippen molar-refractivity contribution in [2.24, 2.45) is 0 Å². The average molecular weight is 281 g/mol. The van der Waals surface area contributed by atoms with Gasteiger partial charge in [-0.15, -0.1) is 0 Å². The van der Waals surface area contributed by atoms with E-state index in [2.05, 4.69) is 15.9 Å². The largest absolute Gasteiger partial charge is 0.508 e. The third-order valence-corrected chi connectivity index (χ3v) is 3.10. The summed E-state index contributed by atoms with van der Waals surface area (Å²) in [5, 5.41) is 9.49. The van der Waals surface area contributed by atoms with Gasteiger partial charge in [0.2, 0.25) is 0 Å². The van der Waals surface area contributed by atoms with Crippen LogP contribution in [0.2, 0.25) is 0 Å². The van der Waals surface area contributed by atoms with Crippen molar-refractivity contribution in [1.29, 1.82) is 0 Å². The third kappa shape index (κ3) is 2.12. The zero-order valence-electron chi connectivity index (χ0n) is 7.61. The van der Waals surface area contributed by atoms with Gasteiger partial charge in [0, 0.05) is 4.47 Å². The molecular weight excluding hydrogens is 273 g/mol. The lowest BCUT2D eigenvalue weighted by Gasteiger charge is -2.12. The highest BCUT2D eigenvalue weighted by Crippen LogP contribution is 2.47. The summed E-state index contributed by atoms with van der Waals surface area (Å²) in [6.07, 6.45) is -2.67.